The number of aromatic nitrogens is 3. The largest absolute Gasteiger partial charge is 0.485 e. The third kappa shape index (κ3) is 4.75. The molecule has 0 fully saturated rings. The summed E-state index contributed by atoms with van der Waals surface area (Å²) in [5, 5.41) is 1.97. The highest BCUT2D eigenvalue weighted by Crippen LogP contribution is 2.40. The molecule has 1 heterocycles. The maximum atomic E-state index is 5.86. The van der Waals surface area contributed by atoms with Crippen molar-refractivity contribution in [2.24, 2.45) is 0 Å². The Morgan fingerprint density at radius 2 is 1.31 bits per heavy atom. The van der Waals surface area contributed by atoms with Gasteiger partial charge in [-0.2, -0.15) is 0 Å². The van der Waals surface area contributed by atoms with Gasteiger partial charge in [-0.15, -0.1) is 0 Å². The predicted molar refractivity (Wildman–Crippen MR) is 107 cm³/mol. The first-order chi connectivity index (χ1) is 12.1. The van der Waals surface area contributed by atoms with E-state index in [-0.39, 0.29) is 24.1 Å². The molecule has 0 saturated carbocycles. The predicted octanol–water partition coefficient (Wildman–Crippen LogP) is 6.26. The second-order valence-electron chi connectivity index (χ2n) is 5.16. The lowest BCUT2D eigenvalue weighted by Crippen LogP contribution is -2.19. The van der Waals surface area contributed by atoms with E-state index in [9.17, 15) is 0 Å². The van der Waals surface area contributed by atoms with Crippen LogP contribution in [-0.2, 0) is 14.2 Å². The Hall–Kier alpha value is -0.750. The molecular weight excluding hydrogens is 463 g/mol. The van der Waals surface area contributed by atoms with Crippen LogP contribution in [0, 0.1) is 0 Å². The Balaban J connectivity index is 1.94. The third-order valence-electron chi connectivity index (χ3n) is 3.30. The lowest BCUT2D eigenvalue weighted by atomic mass is 10.1. The molecule has 10 heteroatoms. The highest BCUT2D eigenvalue weighted by molar-refractivity contribution is 6.67. The number of ether oxygens (including phenoxy) is 1. The fraction of sp³-hybridized carbons (Fsp3) is 0.188. The van der Waals surface area contributed by atoms with Crippen molar-refractivity contribution in [3.05, 3.63) is 59.9 Å². The average Bonchev–Trinajstić information content (AvgIpc) is 2.58. The van der Waals surface area contributed by atoms with E-state index < -0.39 is 7.59 Å². The monoisotopic (exact) mass is 469 g/mol. The first-order valence-corrected chi connectivity index (χ1v) is 9.41. The van der Waals surface area contributed by atoms with Gasteiger partial charge in [0.05, 0.1) is 0 Å². The van der Waals surface area contributed by atoms with Crippen LogP contribution >= 0.6 is 69.6 Å². The molecule has 0 N–H and O–H groups in total. The molecule has 0 aliphatic rings. The molecule has 0 aliphatic heterocycles. The maximum Gasteiger partial charge on any atom is 0.250 e. The van der Waals surface area contributed by atoms with Crippen molar-refractivity contribution >= 4 is 80.4 Å². The van der Waals surface area contributed by atoms with Gasteiger partial charge in [-0.05, 0) is 11.5 Å². The van der Waals surface area contributed by atoms with Crippen LogP contribution in [0.3, 0.4) is 0 Å². The Kier molecular flexibility index (Phi) is 5.92. The summed E-state index contributed by atoms with van der Waals surface area (Å²) in [4.78, 5) is 12.1. The van der Waals surface area contributed by atoms with Gasteiger partial charge in [-0.25, -0.2) is 15.0 Å². The normalized spacial score (nSPS) is 12.4. The summed E-state index contributed by atoms with van der Waals surface area (Å²) < 4.78 is 2.03. The van der Waals surface area contributed by atoms with Crippen molar-refractivity contribution in [2.45, 2.75) is 14.2 Å². The minimum atomic E-state index is -1.90. The van der Waals surface area contributed by atoms with Crippen molar-refractivity contribution in [1.29, 1.82) is 0 Å². The Morgan fingerprint density at radius 3 is 1.92 bits per heavy atom. The minimum Gasteiger partial charge on any atom is -0.485 e. The quantitative estimate of drug-likeness (QED) is 0.423. The summed E-state index contributed by atoms with van der Waals surface area (Å²) in [6.07, 6.45) is 0. The zero-order chi connectivity index (χ0) is 18.9. The Bertz CT molecular complexity index is 902. The molecule has 0 radical (unpaired) electrons. The molecule has 0 unspecified atom stereocenters. The molecule has 0 saturated heterocycles. The van der Waals surface area contributed by atoms with E-state index in [2.05, 4.69) is 15.0 Å². The first-order valence-electron chi connectivity index (χ1n) is 7.14. The summed E-state index contributed by atoms with van der Waals surface area (Å²) in [6.45, 7) is -0.0297. The van der Waals surface area contributed by atoms with Gasteiger partial charge in [0.25, 0.3) is 0 Å². The van der Waals surface area contributed by atoms with Gasteiger partial charge in [0.1, 0.15) is 12.4 Å². The van der Waals surface area contributed by atoms with Crippen molar-refractivity contribution < 1.29 is 4.74 Å². The van der Waals surface area contributed by atoms with Crippen LogP contribution in [0.15, 0.2) is 42.5 Å². The lowest BCUT2D eigenvalue weighted by Gasteiger charge is -2.16. The van der Waals surface area contributed by atoms with Crippen LogP contribution in [0.2, 0.25) is 0 Å². The van der Waals surface area contributed by atoms with Crippen molar-refractivity contribution in [3.8, 4) is 5.75 Å². The summed E-state index contributed by atoms with van der Waals surface area (Å²) in [6, 6.07) is 13.5. The zero-order valence-electron chi connectivity index (χ0n) is 12.8. The van der Waals surface area contributed by atoms with Crippen LogP contribution in [-0.4, -0.2) is 15.0 Å². The van der Waals surface area contributed by atoms with E-state index in [1.807, 2.05) is 42.5 Å². The second kappa shape index (κ2) is 7.70. The molecule has 26 heavy (non-hydrogen) atoms. The molecule has 0 atom stereocenters. The molecule has 0 spiro atoms. The van der Waals surface area contributed by atoms with Gasteiger partial charge < -0.3 is 4.74 Å². The van der Waals surface area contributed by atoms with Gasteiger partial charge in [-0.3, -0.25) is 0 Å². The van der Waals surface area contributed by atoms with Crippen LogP contribution in [0.5, 0.6) is 5.75 Å². The third-order valence-corrected chi connectivity index (χ3v) is 4.31. The first kappa shape index (κ1) is 20.0. The number of fused-ring (bicyclic) bond motifs is 1. The summed E-state index contributed by atoms with van der Waals surface area (Å²) in [7, 11) is 0. The van der Waals surface area contributed by atoms with E-state index in [4.69, 9.17) is 74.3 Å². The highest BCUT2D eigenvalue weighted by atomic mass is 35.6. The number of hydrogen-bond acceptors (Lipinski definition) is 4. The number of nitrogens with zero attached hydrogens (tertiary/aromatic N) is 3. The highest BCUT2D eigenvalue weighted by Gasteiger charge is 2.33. The van der Waals surface area contributed by atoms with Crippen LogP contribution in [0.4, 0.5) is 0 Å². The van der Waals surface area contributed by atoms with E-state index >= 15 is 0 Å². The van der Waals surface area contributed by atoms with Crippen LogP contribution < -0.4 is 4.74 Å². The average molecular weight is 472 g/mol. The molecule has 0 amide bonds. The van der Waals surface area contributed by atoms with Gasteiger partial charge in [0.2, 0.25) is 7.59 Å². The summed E-state index contributed by atoms with van der Waals surface area (Å²) >= 11 is 35.1. The topological polar surface area (TPSA) is 47.9 Å². The molecule has 1 aromatic heterocycles. The molecule has 4 nitrogen and oxygen atoms in total. The van der Waals surface area contributed by atoms with Crippen LogP contribution in [0.1, 0.15) is 17.5 Å². The van der Waals surface area contributed by atoms with E-state index in [1.165, 1.54) is 0 Å². The van der Waals surface area contributed by atoms with E-state index in [1.54, 1.807) is 0 Å². The van der Waals surface area contributed by atoms with Gasteiger partial charge in [0, 0.05) is 5.39 Å². The van der Waals surface area contributed by atoms with Crippen molar-refractivity contribution in [3.63, 3.8) is 0 Å². The maximum absolute atomic E-state index is 5.86. The molecule has 3 rings (SSSR count). The second-order valence-corrected chi connectivity index (χ2v) is 9.72. The molecule has 2 aromatic carbocycles. The minimum absolute atomic E-state index is 0.0297. The number of rotatable bonds is 3. The fourth-order valence-electron chi connectivity index (χ4n) is 2.20. The van der Waals surface area contributed by atoms with E-state index in [0.717, 1.165) is 10.8 Å². The standard InChI is InChI=1S/C16H9Cl6N3O/c17-15(18,19)13-23-12(24-14(25-13)16(20,21)22)8-26-11-7-3-5-9-4-1-2-6-10(9)11/h1-7H,8H2. The fourth-order valence-corrected chi connectivity index (χ4v) is 2.71. The summed E-state index contributed by atoms with van der Waals surface area (Å²) in [5.74, 6) is 0.496. The van der Waals surface area contributed by atoms with Crippen LogP contribution in [0.25, 0.3) is 10.8 Å². The lowest BCUT2D eigenvalue weighted by molar-refractivity contribution is 0.297. The Morgan fingerprint density at radius 1 is 0.731 bits per heavy atom. The van der Waals surface area contributed by atoms with Gasteiger partial charge >= 0.3 is 0 Å². The molecular formula is C16H9Cl6N3O. The number of halogens is 6. The molecule has 136 valence electrons. The van der Waals surface area contributed by atoms with Gasteiger partial charge in [-0.1, -0.05) is 106 Å². The smallest absolute Gasteiger partial charge is 0.250 e. The number of benzene rings is 2. The van der Waals surface area contributed by atoms with Gasteiger partial charge in [0.15, 0.2) is 17.5 Å². The van der Waals surface area contributed by atoms with Crippen molar-refractivity contribution in [1.82, 2.24) is 15.0 Å². The zero-order valence-corrected chi connectivity index (χ0v) is 17.3. The molecule has 3 aromatic rings. The Labute approximate surface area is 179 Å². The number of hydrogen-bond donors (Lipinski definition) is 0. The summed E-state index contributed by atoms with van der Waals surface area (Å²) in [5.41, 5.74) is 0. The molecule has 0 bridgehead atoms. The number of alkyl halides is 6. The SMILES string of the molecule is ClC(Cl)(Cl)c1nc(COc2cccc3ccccc23)nc(C(Cl)(Cl)Cl)n1. The molecule has 0 aliphatic carbocycles. The van der Waals surface area contributed by atoms with E-state index in [0.29, 0.717) is 5.75 Å². The van der Waals surface area contributed by atoms with Crippen molar-refractivity contribution in [2.75, 3.05) is 0 Å².